The minimum absolute atomic E-state index is 0.0341. The van der Waals surface area contributed by atoms with Gasteiger partial charge >= 0.3 is 0 Å². The van der Waals surface area contributed by atoms with Gasteiger partial charge < -0.3 is 4.57 Å². The first-order valence-electron chi connectivity index (χ1n) is 5.93. The van der Waals surface area contributed by atoms with Gasteiger partial charge in [-0.1, -0.05) is 0 Å². The molecule has 0 radical (unpaired) electrons. The highest BCUT2D eigenvalue weighted by Gasteiger charge is 2.18. The van der Waals surface area contributed by atoms with Crippen molar-refractivity contribution in [2.24, 2.45) is 7.05 Å². The summed E-state index contributed by atoms with van der Waals surface area (Å²) in [4.78, 5) is 15.1. The lowest BCUT2D eigenvalue weighted by molar-refractivity contribution is 0.101. The molecule has 0 fully saturated rings. The summed E-state index contributed by atoms with van der Waals surface area (Å²) < 4.78 is 28.3. The van der Waals surface area contributed by atoms with Gasteiger partial charge in [0.15, 0.2) is 10.8 Å². The summed E-state index contributed by atoms with van der Waals surface area (Å²) in [6.07, 6.45) is 1.45. The van der Waals surface area contributed by atoms with Crippen molar-refractivity contribution in [3.05, 3.63) is 41.9 Å². The molecular formula is C13H15N3O3S. The number of anilines is 1. The largest absolute Gasteiger partial charge is 0.337 e. The zero-order valence-electron chi connectivity index (χ0n) is 11.4. The van der Waals surface area contributed by atoms with E-state index in [9.17, 15) is 13.2 Å². The number of imidazole rings is 1. The van der Waals surface area contributed by atoms with Crippen LogP contribution in [0.2, 0.25) is 0 Å². The number of Topliss-reactive ketones (excluding diaryl/α,β-unsaturated/α-hetero) is 1. The van der Waals surface area contributed by atoms with Gasteiger partial charge in [-0.05, 0) is 38.1 Å². The number of hydrogen-bond donors (Lipinski definition) is 1. The molecule has 0 amide bonds. The summed E-state index contributed by atoms with van der Waals surface area (Å²) in [5.41, 5.74) is 0.917. The Bertz CT molecular complexity index is 726. The molecule has 1 aromatic carbocycles. The van der Waals surface area contributed by atoms with Crippen LogP contribution in [0.3, 0.4) is 0 Å². The smallest absolute Gasteiger partial charge is 0.280 e. The molecule has 6 nitrogen and oxygen atoms in total. The molecule has 1 heterocycles. The summed E-state index contributed by atoms with van der Waals surface area (Å²) in [5, 5.41) is -0.0341. The highest BCUT2D eigenvalue weighted by Crippen LogP contribution is 2.16. The van der Waals surface area contributed by atoms with Crippen LogP contribution < -0.4 is 4.72 Å². The minimum Gasteiger partial charge on any atom is -0.337 e. The van der Waals surface area contributed by atoms with E-state index in [2.05, 4.69) is 9.71 Å². The van der Waals surface area contributed by atoms with Crippen LogP contribution in [0.1, 0.15) is 23.1 Å². The number of carbonyl (C=O) groups excluding carboxylic acids is 1. The topological polar surface area (TPSA) is 81.1 Å². The normalized spacial score (nSPS) is 11.3. The van der Waals surface area contributed by atoms with Gasteiger partial charge in [-0.2, -0.15) is 8.42 Å². The van der Waals surface area contributed by atoms with Gasteiger partial charge in [-0.15, -0.1) is 0 Å². The fraction of sp³-hybridized carbons (Fsp3) is 0.231. The van der Waals surface area contributed by atoms with Gasteiger partial charge in [0.1, 0.15) is 5.82 Å². The quantitative estimate of drug-likeness (QED) is 0.870. The number of nitrogens with one attached hydrogen (secondary N) is 1. The predicted octanol–water partition coefficient (Wildman–Crippen LogP) is 1.73. The number of nitrogens with zero attached hydrogens (tertiary/aromatic N) is 2. The zero-order chi connectivity index (χ0) is 14.9. The van der Waals surface area contributed by atoms with Crippen molar-refractivity contribution in [1.82, 2.24) is 9.55 Å². The van der Waals surface area contributed by atoms with E-state index in [1.165, 1.54) is 13.1 Å². The SMILES string of the molecule is CC(=O)c1ccc(NS(=O)(=O)c2cn(C)c(C)n2)cc1. The van der Waals surface area contributed by atoms with E-state index < -0.39 is 10.0 Å². The summed E-state index contributed by atoms with van der Waals surface area (Å²) in [5.74, 6) is 0.539. The van der Waals surface area contributed by atoms with Gasteiger partial charge in [0.2, 0.25) is 0 Å². The number of aromatic nitrogens is 2. The van der Waals surface area contributed by atoms with Gasteiger partial charge in [0.25, 0.3) is 10.0 Å². The van der Waals surface area contributed by atoms with Gasteiger partial charge in [0.05, 0.1) is 0 Å². The van der Waals surface area contributed by atoms with Crippen molar-refractivity contribution >= 4 is 21.5 Å². The van der Waals surface area contributed by atoms with Gasteiger partial charge in [-0.25, -0.2) is 4.98 Å². The first kappa shape index (κ1) is 14.3. The third kappa shape index (κ3) is 2.88. The monoisotopic (exact) mass is 293 g/mol. The second-order valence-electron chi connectivity index (χ2n) is 4.48. The molecule has 106 valence electrons. The molecule has 0 aliphatic carbocycles. The standard InChI is InChI=1S/C13H15N3O3S/c1-9(17)11-4-6-12(7-5-11)15-20(18,19)13-8-16(3)10(2)14-13/h4-8,15H,1-3H3. The number of aryl methyl sites for hydroxylation is 2. The van der Waals surface area contributed by atoms with E-state index in [4.69, 9.17) is 0 Å². The van der Waals surface area contributed by atoms with E-state index in [-0.39, 0.29) is 10.8 Å². The Morgan fingerprint density at radius 1 is 1.25 bits per heavy atom. The molecule has 0 atom stereocenters. The fourth-order valence-electron chi connectivity index (χ4n) is 1.64. The molecule has 2 aromatic rings. The predicted molar refractivity (Wildman–Crippen MR) is 75.2 cm³/mol. The molecule has 0 aliphatic heterocycles. The molecule has 0 unspecified atom stereocenters. The highest BCUT2D eigenvalue weighted by molar-refractivity contribution is 7.92. The summed E-state index contributed by atoms with van der Waals surface area (Å²) in [7, 11) is -1.99. The minimum atomic E-state index is -3.71. The van der Waals surface area contributed by atoms with Crippen molar-refractivity contribution in [3.63, 3.8) is 0 Å². The lowest BCUT2D eigenvalue weighted by atomic mass is 10.1. The maximum atomic E-state index is 12.1. The Morgan fingerprint density at radius 3 is 2.30 bits per heavy atom. The summed E-state index contributed by atoms with van der Waals surface area (Å²) in [6, 6.07) is 6.24. The van der Waals surface area contributed by atoms with Crippen LogP contribution in [0.5, 0.6) is 0 Å². The molecule has 2 rings (SSSR count). The fourth-order valence-corrected chi connectivity index (χ4v) is 2.74. The highest BCUT2D eigenvalue weighted by atomic mass is 32.2. The first-order valence-corrected chi connectivity index (χ1v) is 7.42. The van der Waals surface area contributed by atoms with Crippen LogP contribution in [-0.4, -0.2) is 23.8 Å². The molecule has 7 heteroatoms. The van der Waals surface area contributed by atoms with Crippen LogP contribution in [0.4, 0.5) is 5.69 Å². The van der Waals surface area contributed by atoms with Crippen LogP contribution in [0.15, 0.2) is 35.5 Å². The zero-order valence-corrected chi connectivity index (χ0v) is 12.2. The summed E-state index contributed by atoms with van der Waals surface area (Å²) >= 11 is 0. The third-order valence-electron chi connectivity index (χ3n) is 2.91. The molecule has 0 aliphatic rings. The van der Waals surface area contributed by atoms with Crippen molar-refractivity contribution < 1.29 is 13.2 Å². The Hall–Kier alpha value is -2.15. The maximum Gasteiger partial charge on any atom is 0.280 e. The lowest BCUT2D eigenvalue weighted by Crippen LogP contribution is -2.13. The average molecular weight is 293 g/mol. The molecule has 20 heavy (non-hydrogen) atoms. The molecule has 0 saturated carbocycles. The Balaban J connectivity index is 2.26. The third-order valence-corrected chi connectivity index (χ3v) is 4.16. The first-order chi connectivity index (χ1) is 9.29. The molecule has 0 saturated heterocycles. The van der Waals surface area contributed by atoms with Crippen LogP contribution in [-0.2, 0) is 17.1 Å². The Kier molecular flexibility index (Phi) is 3.63. The van der Waals surface area contributed by atoms with Crippen LogP contribution in [0, 0.1) is 6.92 Å². The van der Waals surface area contributed by atoms with Crippen molar-refractivity contribution in [2.75, 3.05) is 4.72 Å². The van der Waals surface area contributed by atoms with Crippen molar-refractivity contribution in [2.45, 2.75) is 18.9 Å². The number of ketones is 1. The summed E-state index contributed by atoms with van der Waals surface area (Å²) in [6.45, 7) is 3.18. The van der Waals surface area contributed by atoms with E-state index >= 15 is 0 Å². The number of rotatable bonds is 4. The molecule has 0 spiro atoms. The lowest BCUT2D eigenvalue weighted by Gasteiger charge is -2.06. The van der Waals surface area contributed by atoms with E-state index in [0.717, 1.165) is 0 Å². The van der Waals surface area contributed by atoms with Crippen molar-refractivity contribution in [3.8, 4) is 0 Å². The van der Waals surface area contributed by atoms with Crippen LogP contribution in [0.25, 0.3) is 0 Å². The van der Waals surface area contributed by atoms with Gasteiger partial charge in [0, 0.05) is 24.5 Å². The van der Waals surface area contributed by atoms with E-state index in [1.54, 1.807) is 42.8 Å². The second kappa shape index (κ2) is 5.09. The molecule has 1 aromatic heterocycles. The number of benzene rings is 1. The second-order valence-corrected chi connectivity index (χ2v) is 6.11. The Morgan fingerprint density at radius 2 is 1.85 bits per heavy atom. The van der Waals surface area contributed by atoms with Gasteiger partial charge in [-0.3, -0.25) is 9.52 Å². The Labute approximate surface area is 117 Å². The molecule has 1 N–H and O–H groups in total. The molecule has 0 bridgehead atoms. The van der Waals surface area contributed by atoms with Crippen molar-refractivity contribution in [1.29, 1.82) is 0 Å². The van der Waals surface area contributed by atoms with E-state index in [0.29, 0.717) is 17.1 Å². The van der Waals surface area contributed by atoms with Crippen LogP contribution >= 0.6 is 0 Å². The molecular weight excluding hydrogens is 278 g/mol. The average Bonchev–Trinajstić information content (AvgIpc) is 2.71. The number of carbonyl (C=O) groups is 1. The number of sulfonamides is 1. The van der Waals surface area contributed by atoms with E-state index in [1.807, 2.05) is 0 Å². The number of hydrogen-bond acceptors (Lipinski definition) is 4. The maximum absolute atomic E-state index is 12.1.